The van der Waals surface area contributed by atoms with Crippen LogP contribution in [0.15, 0.2) is 52.1 Å². The second-order valence-electron chi connectivity index (χ2n) is 6.46. The summed E-state index contributed by atoms with van der Waals surface area (Å²) in [6, 6.07) is 13.8. The number of halogens is 1. The Kier molecular flexibility index (Phi) is 7.91. The van der Waals surface area contributed by atoms with E-state index < -0.39 is 0 Å². The van der Waals surface area contributed by atoms with Crippen LogP contribution < -0.4 is 14.8 Å². The third-order valence-electron chi connectivity index (χ3n) is 3.99. The van der Waals surface area contributed by atoms with Gasteiger partial charge in [0.15, 0.2) is 11.5 Å². The van der Waals surface area contributed by atoms with Crippen molar-refractivity contribution in [3.05, 3.63) is 52.5 Å². The lowest BCUT2D eigenvalue weighted by molar-refractivity contribution is 0.227. The Morgan fingerprint density at radius 2 is 1.97 bits per heavy atom. The fraction of sp³-hybridized carbons (Fsp3) is 0.350. The number of nitrogens with zero attached hydrogens (tertiary/aromatic N) is 4. The molecule has 0 fully saturated rings. The Labute approximate surface area is 183 Å². The van der Waals surface area contributed by atoms with Gasteiger partial charge < -0.3 is 14.8 Å². The predicted octanol–water partition coefficient (Wildman–Crippen LogP) is 4.10. The molecule has 9 heteroatoms. The molecule has 0 spiro atoms. The van der Waals surface area contributed by atoms with Gasteiger partial charge in [0.2, 0.25) is 5.16 Å². The predicted molar refractivity (Wildman–Crippen MR) is 118 cm³/mol. The zero-order valence-electron chi connectivity index (χ0n) is 16.6. The van der Waals surface area contributed by atoms with Crippen molar-refractivity contribution >= 4 is 27.7 Å². The smallest absolute Gasteiger partial charge is 0.214 e. The molecule has 0 unspecified atom stereocenters. The van der Waals surface area contributed by atoms with E-state index in [2.05, 4.69) is 36.8 Å². The van der Waals surface area contributed by atoms with Crippen LogP contribution in [0.3, 0.4) is 0 Å². The highest BCUT2D eigenvalue weighted by molar-refractivity contribution is 9.10. The van der Waals surface area contributed by atoms with Crippen molar-refractivity contribution in [3.8, 4) is 17.2 Å². The molecule has 0 bridgehead atoms. The molecular formula is C20H24BrN5O2S. The number of ether oxygens (including phenoxy) is 2. The van der Waals surface area contributed by atoms with Crippen LogP contribution in [0, 0.1) is 0 Å². The first-order valence-electron chi connectivity index (χ1n) is 9.29. The number of aromatic nitrogens is 4. The second kappa shape index (κ2) is 10.6. The molecule has 0 saturated heterocycles. The fourth-order valence-corrected chi connectivity index (χ4v) is 3.94. The third-order valence-corrected chi connectivity index (χ3v) is 5.66. The van der Waals surface area contributed by atoms with Gasteiger partial charge in [-0.1, -0.05) is 45.9 Å². The van der Waals surface area contributed by atoms with Crippen molar-refractivity contribution < 1.29 is 9.47 Å². The van der Waals surface area contributed by atoms with Crippen LogP contribution in [-0.2, 0) is 6.54 Å². The average molecular weight is 478 g/mol. The summed E-state index contributed by atoms with van der Waals surface area (Å²) in [4.78, 5) is 0. The van der Waals surface area contributed by atoms with E-state index in [1.807, 2.05) is 56.3 Å². The molecular weight excluding hydrogens is 454 g/mol. The van der Waals surface area contributed by atoms with Gasteiger partial charge in [-0.05, 0) is 48.5 Å². The SMILES string of the molecule is COc1ccc(Br)c(CNCCSc2nnnn2-c2ccccc2)c1OC(C)C. The number of nitrogens with one attached hydrogen (secondary N) is 1. The average Bonchev–Trinajstić information content (AvgIpc) is 3.18. The van der Waals surface area contributed by atoms with Crippen molar-refractivity contribution in [2.75, 3.05) is 19.4 Å². The highest BCUT2D eigenvalue weighted by Crippen LogP contribution is 2.36. The maximum atomic E-state index is 6.00. The van der Waals surface area contributed by atoms with E-state index in [0.717, 1.165) is 44.7 Å². The number of benzene rings is 2. The second-order valence-corrected chi connectivity index (χ2v) is 8.37. The first-order valence-corrected chi connectivity index (χ1v) is 11.1. The van der Waals surface area contributed by atoms with Gasteiger partial charge in [-0.3, -0.25) is 0 Å². The monoisotopic (exact) mass is 477 g/mol. The van der Waals surface area contributed by atoms with Gasteiger partial charge in [0.1, 0.15) is 0 Å². The summed E-state index contributed by atoms with van der Waals surface area (Å²) in [5.41, 5.74) is 1.99. The molecule has 7 nitrogen and oxygen atoms in total. The van der Waals surface area contributed by atoms with Crippen LogP contribution in [0.1, 0.15) is 19.4 Å². The molecule has 3 aromatic rings. The number of tetrazole rings is 1. The summed E-state index contributed by atoms with van der Waals surface area (Å²) in [5.74, 6) is 2.33. The third kappa shape index (κ3) is 5.71. The topological polar surface area (TPSA) is 74.1 Å². The molecule has 1 N–H and O–H groups in total. The Morgan fingerprint density at radius 3 is 2.69 bits per heavy atom. The minimum atomic E-state index is 0.0596. The number of rotatable bonds is 10. The zero-order valence-corrected chi connectivity index (χ0v) is 19.0. The van der Waals surface area contributed by atoms with Gasteiger partial charge in [0.25, 0.3) is 0 Å². The molecule has 3 rings (SSSR count). The summed E-state index contributed by atoms with van der Waals surface area (Å²) in [6.45, 7) is 5.46. The molecule has 1 aromatic heterocycles. The van der Waals surface area contributed by atoms with Gasteiger partial charge in [0.05, 0.1) is 18.9 Å². The lowest BCUT2D eigenvalue weighted by Crippen LogP contribution is -2.19. The maximum Gasteiger partial charge on any atom is 0.214 e. The summed E-state index contributed by atoms with van der Waals surface area (Å²) < 4.78 is 14.2. The Morgan fingerprint density at radius 1 is 1.17 bits per heavy atom. The standard InChI is InChI=1S/C20H24BrN5O2S/c1-14(2)28-19-16(17(21)9-10-18(19)27-3)13-22-11-12-29-20-23-24-25-26(20)15-7-5-4-6-8-15/h4-10,14,22H,11-13H2,1-3H3. The van der Waals surface area contributed by atoms with Crippen molar-refractivity contribution in [2.24, 2.45) is 0 Å². The number of thioether (sulfide) groups is 1. The van der Waals surface area contributed by atoms with Crippen LogP contribution >= 0.6 is 27.7 Å². The first-order chi connectivity index (χ1) is 14.1. The quantitative estimate of drug-likeness (QED) is 0.347. The summed E-state index contributed by atoms with van der Waals surface area (Å²) >= 11 is 5.23. The lowest BCUT2D eigenvalue weighted by Gasteiger charge is -2.19. The molecule has 0 amide bonds. The highest BCUT2D eigenvalue weighted by atomic mass is 79.9. The van der Waals surface area contributed by atoms with Gasteiger partial charge in [-0.25, -0.2) is 0 Å². The van der Waals surface area contributed by atoms with Crippen LogP contribution in [-0.4, -0.2) is 45.7 Å². The van der Waals surface area contributed by atoms with Gasteiger partial charge >= 0.3 is 0 Å². The van der Waals surface area contributed by atoms with Crippen LogP contribution in [0.5, 0.6) is 11.5 Å². The van der Waals surface area contributed by atoms with E-state index >= 15 is 0 Å². The van der Waals surface area contributed by atoms with E-state index in [4.69, 9.17) is 9.47 Å². The van der Waals surface area contributed by atoms with Crippen molar-refractivity contribution in [1.29, 1.82) is 0 Å². The molecule has 0 saturated carbocycles. The summed E-state index contributed by atoms with van der Waals surface area (Å²) in [7, 11) is 1.65. The Bertz CT molecular complexity index is 920. The molecule has 2 aromatic carbocycles. The molecule has 1 heterocycles. The van der Waals surface area contributed by atoms with Crippen molar-refractivity contribution in [3.63, 3.8) is 0 Å². The minimum absolute atomic E-state index is 0.0596. The number of hydrogen-bond donors (Lipinski definition) is 1. The molecule has 154 valence electrons. The summed E-state index contributed by atoms with van der Waals surface area (Å²) in [5, 5.41) is 16.2. The lowest BCUT2D eigenvalue weighted by atomic mass is 10.1. The number of para-hydroxylation sites is 1. The van der Waals surface area contributed by atoms with E-state index in [1.54, 1.807) is 23.6 Å². The molecule has 0 radical (unpaired) electrons. The van der Waals surface area contributed by atoms with E-state index in [0.29, 0.717) is 6.54 Å². The zero-order chi connectivity index (χ0) is 20.6. The summed E-state index contributed by atoms with van der Waals surface area (Å²) in [6.07, 6.45) is 0.0596. The van der Waals surface area contributed by atoms with E-state index in [9.17, 15) is 0 Å². The van der Waals surface area contributed by atoms with Crippen molar-refractivity contribution in [1.82, 2.24) is 25.5 Å². The van der Waals surface area contributed by atoms with Gasteiger partial charge in [0, 0.05) is 28.9 Å². The number of hydrogen-bond acceptors (Lipinski definition) is 7. The maximum absolute atomic E-state index is 6.00. The molecule has 0 aliphatic heterocycles. The van der Waals surface area contributed by atoms with Crippen LogP contribution in [0.4, 0.5) is 0 Å². The largest absolute Gasteiger partial charge is 0.493 e. The van der Waals surface area contributed by atoms with E-state index in [1.165, 1.54) is 0 Å². The highest BCUT2D eigenvalue weighted by Gasteiger charge is 2.16. The van der Waals surface area contributed by atoms with Crippen LogP contribution in [0.2, 0.25) is 0 Å². The normalized spacial score (nSPS) is 11.1. The van der Waals surface area contributed by atoms with Crippen molar-refractivity contribution in [2.45, 2.75) is 31.7 Å². The Balaban J connectivity index is 1.58. The molecule has 29 heavy (non-hydrogen) atoms. The number of methoxy groups -OCH3 is 1. The molecule has 0 aliphatic carbocycles. The van der Waals surface area contributed by atoms with Crippen LogP contribution in [0.25, 0.3) is 5.69 Å². The first kappa shape index (κ1) is 21.6. The Hall–Kier alpha value is -2.10. The molecule has 0 atom stereocenters. The molecule has 0 aliphatic rings. The van der Waals surface area contributed by atoms with Gasteiger partial charge in [-0.15, -0.1) is 5.10 Å². The fourth-order valence-electron chi connectivity index (χ4n) is 2.70. The van der Waals surface area contributed by atoms with E-state index in [-0.39, 0.29) is 6.10 Å². The van der Waals surface area contributed by atoms with Gasteiger partial charge in [-0.2, -0.15) is 4.68 Å². The minimum Gasteiger partial charge on any atom is -0.493 e.